The molecule has 1 heterocycles. The van der Waals surface area contributed by atoms with Gasteiger partial charge >= 0.3 is 0 Å². The van der Waals surface area contributed by atoms with Gasteiger partial charge in [0.1, 0.15) is 0 Å². The third-order valence-electron chi connectivity index (χ3n) is 3.52. The molecule has 3 rings (SSSR count). The normalized spacial score (nSPS) is 10.5. The number of carbonyl (C=O) groups excluding carboxylic acids is 1. The van der Waals surface area contributed by atoms with Gasteiger partial charge in [-0.3, -0.25) is 9.48 Å². The van der Waals surface area contributed by atoms with Crippen LogP contribution in [0.2, 0.25) is 5.02 Å². The third kappa shape index (κ3) is 3.79. The Bertz CT molecular complexity index is 827. The molecular formula is C18H16ClN3O. The molecule has 4 nitrogen and oxygen atoms in total. The number of anilines is 1. The number of amides is 1. The van der Waals surface area contributed by atoms with E-state index < -0.39 is 0 Å². The summed E-state index contributed by atoms with van der Waals surface area (Å²) in [5.74, 6) is -0.185. The highest BCUT2D eigenvalue weighted by molar-refractivity contribution is 6.30. The van der Waals surface area contributed by atoms with E-state index in [4.69, 9.17) is 11.6 Å². The fraction of sp³-hybridized carbons (Fsp3) is 0.111. The molecular weight excluding hydrogens is 310 g/mol. The average Bonchev–Trinajstić information content (AvgIpc) is 3.00. The highest BCUT2D eigenvalue weighted by atomic mass is 35.5. The number of rotatable bonds is 4. The predicted octanol–water partition coefficient (Wildman–Crippen LogP) is 4.15. The lowest BCUT2D eigenvalue weighted by molar-refractivity contribution is 0.102. The lowest BCUT2D eigenvalue weighted by atomic mass is 10.2. The molecule has 1 amide bonds. The Morgan fingerprint density at radius 1 is 1.22 bits per heavy atom. The van der Waals surface area contributed by atoms with Crippen molar-refractivity contribution in [2.45, 2.75) is 13.5 Å². The van der Waals surface area contributed by atoms with E-state index in [0.717, 1.165) is 16.8 Å². The molecule has 0 saturated heterocycles. The number of hydrogen-bond acceptors (Lipinski definition) is 2. The van der Waals surface area contributed by atoms with Gasteiger partial charge in [0, 0.05) is 16.9 Å². The number of nitrogens with zero attached hydrogens (tertiary/aromatic N) is 2. The van der Waals surface area contributed by atoms with Crippen LogP contribution in [-0.4, -0.2) is 15.7 Å². The van der Waals surface area contributed by atoms with Crippen LogP contribution in [0, 0.1) is 6.92 Å². The van der Waals surface area contributed by atoms with Crippen molar-refractivity contribution in [1.82, 2.24) is 9.78 Å². The Kier molecular flexibility index (Phi) is 4.44. The van der Waals surface area contributed by atoms with Gasteiger partial charge in [0.05, 0.1) is 18.3 Å². The minimum absolute atomic E-state index is 0.185. The number of hydrogen-bond donors (Lipinski definition) is 1. The molecule has 23 heavy (non-hydrogen) atoms. The van der Waals surface area contributed by atoms with E-state index in [1.807, 2.05) is 43.3 Å². The third-order valence-corrected chi connectivity index (χ3v) is 3.75. The first-order valence-electron chi connectivity index (χ1n) is 7.26. The monoisotopic (exact) mass is 325 g/mol. The van der Waals surface area contributed by atoms with Gasteiger partial charge in [0.15, 0.2) is 0 Å². The molecule has 0 atom stereocenters. The van der Waals surface area contributed by atoms with E-state index in [9.17, 15) is 4.79 Å². The molecule has 0 radical (unpaired) electrons. The van der Waals surface area contributed by atoms with E-state index in [0.29, 0.717) is 17.1 Å². The maximum Gasteiger partial charge on any atom is 0.258 e. The van der Waals surface area contributed by atoms with E-state index in [1.54, 1.807) is 29.2 Å². The van der Waals surface area contributed by atoms with Gasteiger partial charge in [-0.05, 0) is 36.2 Å². The average molecular weight is 326 g/mol. The van der Waals surface area contributed by atoms with Crippen LogP contribution in [0.1, 0.15) is 21.5 Å². The Morgan fingerprint density at radius 3 is 2.74 bits per heavy atom. The molecule has 116 valence electrons. The first-order valence-corrected chi connectivity index (χ1v) is 7.63. The van der Waals surface area contributed by atoms with Crippen LogP contribution in [0.5, 0.6) is 0 Å². The van der Waals surface area contributed by atoms with Crippen LogP contribution < -0.4 is 5.32 Å². The Hall–Kier alpha value is -2.59. The summed E-state index contributed by atoms with van der Waals surface area (Å²) >= 11 is 5.92. The molecule has 0 aliphatic carbocycles. The number of carbonyl (C=O) groups is 1. The molecule has 3 aromatic rings. The zero-order valence-corrected chi connectivity index (χ0v) is 13.4. The largest absolute Gasteiger partial charge is 0.322 e. The van der Waals surface area contributed by atoms with Crippen molar-refractivity contribution in [1.29, 1.82) is 0 Å². The van der Waals surface area contributed by atoms with Gasteiger partial charge in [0.2, 0.25) is 0 Å². The second kappa shape index (κ2) is 6.67. The minimum Gasteiger partial charge on any atom is -0.322 e. The van der Waals surface area contributed by atoms with Crippen LogP contribution in [0.3, 0.4) is 0 Å². The summed E-state index contributed by atoms with van der Waals surface area (Å²) in [5.41, 5.74) is 3.32. The fourth-order valence-corrected chi connectivity index (χ4v) is 2.53. The summed E-state index contributed by atoms with van der Waals surface area (Å²) in [6.07, 6.45) is 3.32. The van der Waals surface area contributed by atoms with E-state index in [2.05, 4.69) is 10.4 Å². The zero-order valence-electron chi connectivity index (χ0n) is 12.7. The predicted molar refractivity (Wildman–Crippen MR) is 91.9 cm³/mol. The van der Waals surface area contributed by atoms with E-state index >= 15 is 0 Å². The number of aromatic nitrogens is 2. The standard InChI is InChI=1S/C18H16ClN3O/c1-13-9-16(19)7-8-17(13)21-18(23)15-10-20-22(12-15)11-14-5-3-2-4-6-14/h2-10,12H,11H2,1H3,(H,21,23). The Morgan fingerprint density at radius 2 is 2.00 bits per heavy atom. The maximum atomic E-state index is 12.3. The van der Waals surface area contributed by atoms with Crippen LogP contribution in [0.4, 0.5) is 5.69 Å². The smallest absolute Gasteiger partial charge is 0.258 e. The van der Waals surface area contributed by atoms with E-state index in [1.165, 1.54) is 0 Å². The molecule has 2 aromatic carbocycles. The zero-order chi connectivity index (χ0) is 16.2. The topological polar surface area (TPSA) is 46.9 Å². The van der Waals surface area contributed by atoms with Crippen molar-refractivity contribution in [3.05, 3.63) is 82.6 Å². The maximum absolute atomic E-state index is 12.3. The Balaban J connectivity index is 1.71. The van der Waals surface area contributed by atoms with Crippen molar-refractivity contribution in [3.63, 3.8) is 0 Å². The molecule has 0 fully saturated rings. The first kappa shape index (κ1) is 15.3. The summed E-state index contributed by atoms with van der Waals surface area (Å²) in [6.45, 7) is 2.54. The van der Waals surface area contributed by atoms with Crippen molar-refractivity contribution in [2.75, 3.05) is 5.32 Å². The molecule has 0 aliphatic heterocycles. The van der Waals surface area contributed by atoms with Gasteiger partial charge < -0.3 is 5.32 Å². The second-order valence-corrected chi connectivity index (χ2v) is 5.76. The second-order valence-electron chi connectivity index (χ2n) is 5.33. The molecule has 0 saturated carbocycles. The number of aryl methyl sites for hydroxylation is 1. The van der Waals surface area contributed by atoms with Crippen LogP contribution in [-0.2, 0) is 6.54 Å². The van der Waals surface area contributed by atoms with Gasteiger partial charge in [-0.2, -0.15) is 5.10 Å². The summed E-state index contributed by atoms with van der Waals surface area (Å²) in [5, 5.41) is 7.77. The first-order chi connectivity index (χ1) is 11.1. The van der Waals surface area contributed by atoms with Crippen molar-refractivity contribution >= 4 is 23.2 Å². The lowest BCUT2D eigenvalue weighted by Gasteiger charge is -2.07. The summed E-state index contributed by atoms with van der Waals surface area (Å²) in [4.78, 5) is 12.3. The van der Waals surface area contributed by atoms with Crippen LogP contribution >= 0.6 is 11.6 Å². The SMILES string of the molecule is Cc1cc(Cl)ccc1NC(=O)c1cnn(Cc2ccccc2)c1. The molecule has 1 N–H and O–H groups in total. The van der Waals surface area contributed by atoms with Gasteiger partial charge in [-0.15, -0.1) is 0 Å². The molecule has 0 unspecified atom stereocenters. The van der Waals surface area contributed by atoms with Gasteiger partial charge in [-0.25, -0.2) is 0 Å². The summed E-state index contributed by atoms with van der Waals surface area (Å²) in [6, 6.07) is 15.4. The van der Waals surface area contributed by atoms with Crippen molar-refractivity contribution < 1.29 is 4.79 Å². The Labute approximate surface area is 139 Å². The quantitative estimate of drug-likeness (QED) is 0.783. The summed E-state index contributed by atoms with van der Waals surface area (Å²) < 4.78 is 1.75. The summed E-state index contributed by atoms with van der Waals surface area (Å²) in [7, 11) is 0. The molecule has 0 spiro atoms. The molecule has 0 bridgehead atoms. The van der Waals surface area contributed by atoms with Crippen LogP contribution in [0.15, 0.2) is 60.9 Å². The van der Waals surface area contributed by atoms with Crippen molar-refractivity contribution in [2.24, 2.45) is 0 Å². The number of nitrogens with one attached hydrogen (secondary N) is 1. The van der Waals surface area contributed by atoms with Gasteiger partial charge in [-0.1, -0.05) is 41.9 Å². The van der Waals surface area contributed by atoms with E-state index in [-0.39, 0.29) is 5.91 Å². The fourth-order valence-electron chi connectivity index (χ4n) is 2.30. The molecule has 5 heteroatoms. The molecule has 1 aromatic heterocycles. The number of benzene rings is 2. The van der Waals surface area contributed by atoms with Crippen LogP contribution in [0.25, 0.3) is 0 Å². The lowest BCUT2D eigenvalue weighted by Crippen LogP contribution is -2.12. The van der Waals surface area contributed by atoms with Crippen molar-refractivity contribution in [3.8, 4) is 0 Å². The number of halogens is 1. The molecule has 0 aliphatic rings. The highest BCUT2D eigenvalue weighted by Gasteiger charge is 2.10. The highest BCUT2D eigenvalue weighted by Crippen LogP contribution is 2.20. The minimum atomic E-state index is -0.185. The van der Waals surface area contributed by atoms with Gasteiger partial charge in [0.25, 0.3) is 5.91 Å².